The minimum absolute atomic E-state index is 0.0326. The molecule has 0 unspecified atom stereocenters. The number of esters is 1. The lowest BCUT2D eigenvalue weighted by Crippen LogP contribution is -2.24. The van der Waals surface area contributed by atoms with Crippen LogP contribution in [0.3, 0.4) is 0 Å². The summed E-state index contributed by atoms with van der Waals surface area (Å²) in [5.74, 6) is 0.0596. The van der Waals surface area contributed by atoms with E-state index in [1.165, 1.54) is 0 Å². The number of rotatable bonds is 7. The first-order valence-electron chi connectivity index (χ1n) is 9.01. The van der Waals surface area contributed by atoms with Crippen molar-refractivity contribution in [1.82, 2.24) is 0 Å². The Labute approximate surface area is 179 Å². The molecule has 2 N–H and O–H groups in total. The molecule has 152 valence electrons. The van der Waals surface area contributed by atoms with Crippen LogP contribution in [-0.2, 0) is 11.3 Å². The molecular formula is C21H25BrClNO4. The second-order valence-electron chi connectivity index (χ2n) is 7.31. The molecule has 28 heavy (non-hydrogen) atoms. The van der Waals surface area contributed by atoms with E-state index in [1.54, 1.807) is 30.3 Å². The largest absolute Gasteiger partial charge is 0.506 e. The first-order chi connectivity index (χ1) is 13.1. The van der Waals surface area contributed by atoms with Crippen LogP contribution in [0.15, 0.2) is 34.8 Å². The molecule has 0 amide bonds. The van der Waals surface area contributed by atoms with E-state index in [0.29, 0.717) is 30.0 Å². The molecule has 2 rings (SSSR count). The number of ether oxygens (including phenoxy) is 2. The summed E-state index contributed by atoms with van der Waals surface area (Å²) in [5, 5.41) is 13.6. The molecule has 0 fully saturated rings. The van der Waals surface area contributed by atoms with Gasteiger partial charge in [-0.15, -0.1) is 0 Å². The van der Waals surface area contributed by atoms with Gasteiger partial charge in [0.1, 0.15) is 22.7 Å². The molecular weight excluding hydrogens is 446 g/mol. The van der Waals surface area contributed by atoms with Crippen molar-refractivity contribution in [2.45, 2.75) is 46.3 Å². The van der Waals surface area contributed by atoms with Crippen LogP contribution in [0, 0.1) is 0 Å². The first kappa shape index (κ1) is 22.4. The van der Waals surface area contributed by atoms with Crippen molar-refractivity contribution in [3.8, 4) is 11.5 Å². The van der Waals surface area contributed by atoms with Crippen LogP contribution in [0.4, 0.5) is 5.69 Å². The minimum Gasteiger partial charge on any atom is -0.506 e. The topological polar surface area (TPSA) is 67.8 Å². The third-order valence-corrected chi connectivity index (χ3v) is 4.40. The average Bonchev–Trinajstić information content (AvgIpc) is 2.60. The standard InChI is InChI=1S/C21H25BrClNO4/c1-5-8-27-18-11-15(6-7-16(18)20(26)28-21(2,3)4)24-12-13-9-14(22)10-17(23)19(13)25/h6-7,9-11,24-25H,5,8,12H2,1-4H3. The summed E-state index contributed by atoms with van der Waals surface area (Å²) in [6.45, 7) is 8.30. The fourth-order valence-corrected chi connectivity index (χ4v) is 3.29. The highest BCUT2D eigenvalue weighted by Gasteiger charge is 2.21. The molecule has 0 saturated carbocycles. The lowest BCUT2D eigenvalue weighted by Gasteiger charge is -2.21. The van der Waals surface area contributed by atoms with Crippen molar-refractivity contribution in [2.24, 2.45) is 0 Å². The maximum Gasteiger partial charge on any atom is 0.342 e. The van der Waals surface area contributed by atoms with Gasteiger partial charge in [-0.25, -0.2) is 4.79 Å². The Morgan fingerprint density at radius 1 is 1.25 bits per heavy atom. The molecule has 0 bridgehead atoms. The number of benzene rings is 2. The van der Waals surface area contributed by atoms with E-state index in [-0.39, 0.29) is 10.8 Å². The van der Waals surface area contributed by atoms with Crippen LogP contribution >= 0.6 is 27.5 Å². The van der Waals surface area contributed by atoms with E-state index < -0.39 is 11.6 Å². The van der Waals surface area contributed by atoms with E-state index in [4.69, 9.17) is 21.1 Å². The monoisotopic (exact) mass is 469 g/mol. The Morgan fingerprint density at radius 3 is 2.61 bits per heavy atom. The predicted octanol–water partition coefficient (Wildman–Crippen LogP) is 6.16. The fraction of sp³-hybridized carbons (Fsp3) is 0.381. The van der Waals surface area contributed by atoms with Crippen LogP contribution in [0.25, 0.3) is 0 Å². The van der Waals surface area contributed by atoms with Crippen molar-refractivity contribution in [3.05, 3.63) is 51.0 Å². The predicted molar refractivity (Wildman–Crippen MR) is 116 cm³/mol. The number of aromatic hydroxyl groups is 1. The summed E-state index contributed by atoms with van der Waals surface area (Å²) in [6.07, 6.45) is 0.815. The van der Waals surface area contributed by atoms with Gasteiger partial charge in [0, 0.05) is 28.3 Å². The van der Waals surface area contributed by atoms with Crippen LogP contribution < -0.4 is 10.1 Å². The summed E-state index contributed by atoms with van der Waals surface area (Å²) in [6, 6.07) is 8.62. The smallest absolute Gasteiger partial charge is 0.342 e. The molecule has 0 spiro atoms. The molecule has 0 aromatic heterocycles. The number of phenolic OH excluding ortho intramolecular Hbond substituents is 1. The Bertz CT molecular complexity index is 849. The number of halogens is 2. The number of nitrogens with one attached hydrogen (secondary N) is 1. The molecule has 7 heteroatoms. The number of phenols is 1. The second kappa shape index (κ2) is 9.52. The molecule has 0 heterocycles. The highest BCUT2D eigenvalue weighted by atomic mass is 79.9. The van der Waals surface area contributed by atoms with Gasteiger partial charge in [-0.2, -0.15) is 0 Å². The van der Waals surface area contributed by atoms with E-state index in [0.717, 1.165) is 16.6 Å². The van der Waals surface area contributed by atoms with Crippen molar-refractivity contribution in [2.75, 3.05) is 11.9 Å². The van der Waals surface area contributed by atoms with Gasteiger partial charge in [0.2, 0.25) is 0 Å². The van der Waals surface area contributed by atoms with Crippen molar-refractivity contribution >= 4 is 39.2 Å². The van der Waals surface area contributed by atoms with Gasteiger partial charge in [-0.1, -0.05) is 34.5 Å². The molecule has 2 aromatic rings. The summed E-state index contributed by atoms with van der Waals surface area (Å²) in [4.78, 5) is 12.5. The van der Waals surface area contributed by atoms with Crippen molar-refractivity contribution in [1.29, 1.82) is 0 Å². The molecule has 0 radical (unpaired) electrons. The Balaban J connectivity index is 2.23. The third kappa shape index (κ3) is 6.31. The third-order valence-electron chi connectivity index (χ3n) is 3.65. The van der Waals surface area contributed by atoms with Gasteiger partial charge in [-0.3, -0.25) is 0 Å². The average molecular weight is 471 g/mol. The Kier molecular flexibility index (Phi) is 7.61. The van der Waals surface area contributed by atoms with E-state index >= 15 is 0 Å². The highest BCUT2D eigenvalue weighted by Crippen LogP contribution is 2.32. The van der Waals surface area contributed by atoms with Gasteiger partial charge in [-0.05, 0) is 51.5 Å². The lowest BCUT2D eigenvalue weighted by molar-refractivity contribution is 0.00658. The lowest BCUT2D eigenvalue weighted by atomic mass is 10.1. The fourth-order valence-electron chi connectivity index (χ4n) is 2.42. The molecule has 0 saturated heterocycles. The number of hydrogen-bond donors (Lipinski definition) is 2. The van der Waals surface area contributed by atoms with Crippen molar-refractivity contribution in [3.63, 3.8) is 0 Å². The molecule has 0 aliphatic heterocycles. The summed E-state index contributed by atoms with van der Waals surface area (Å²) >= 11 is 9.38. The molecule has 0 aliphatic rings. The molecule has 2 aromatic carbocycles. The zero-order valence-electron chi connectivity index (χ0n) is 16.4. The molecule has 5 nitrogen and oxygen atoms in total. The van der Waals surface area contributed by atoms with Crippen molar-refractivity contribution < 1.29 is 19.4 Å². The van der Waals surface area contributed by atoms with E-state index in [2.05, 4.69) is 21.2 Å². The quantitative estimate of drug-likeness (QED) is 0.474. The van der Waals surface area contributed by atoms with Gasteiger partial charge < -0.3 is 19.9 Å². The zero-order chi connectivity index (χ0) is 20.9. The van der Waals surface area contributed by atoms with Crippen LogP contribution in [0.2, 0.25) is 5.02 Å². The molecule has 0 atom stereocenters. The second-order valence-corrected chi connectivity index (χ2v) is 8.63. The number of anilines is 1. The Hall–Kier alpha value is -1.92. The first-order valence-corrected chi connectivity index (χ1v) is 10.2. The SMILES string of the molecule is CCCOc1cc(NCc2cc(Br)cc(Cl)c2O)ccc1C(=O)OC(C)(C)C. The number of hydrogen-bond acceptors (Lipinski definition) is 5. The van der Waals surface area contributed by atoms with Gasteiger partial charge in [0.15, 0.2) is 0 Å². The van der Waals surface area contributed by atoms with Crippen LogP contribution in [0.5, 0.6) is 11.5 Å². The molecule has 0 aliphatic carbocycles. The van der Waals surface area contributed by atoms with Gasteiger partial charge in [0.25, 0.3) is 0 Å². The summed E-state index contributed by atoms with van der Waals surface area (Å²) in [7, 11) is 0. The zero-order valence-corrected chi connectivity index (χ0v) is 18.8. The van der Waals surface area contributed by atoms with Gasteiger partial charge in [0.05, 0.1) is 11.6 Å². The van der Waals surface area contributed by atoms with E-state index in [9.17, 15) is 9.90 Å². The summed E-state index contributed by atoms with van der Waals surface area (Å²) in [5.41, 5.74) is 1.18. The highest BCUT2D eigenvalue weighted by molar-refractivity contribution is 9.10. The van der Waals surface area contributed by atoms with Gasteiger partial charge >= 0.3 is 5.97 Å². The number of carbonyl (C=O) groups excluding carboxylic acids is 1. The normalized spacial score (nSPS) is 11.2. The van der Waals surface area contributed by atoms with E-state index in [1.807, 2.05) is 27.7 Å². The summed E-state index contributed by atoms with van der Waals surface area (Å²) < 4.78 is 12.0. The maximum atomic E-state index is 12.5. The number of carbonyl (C=O) groups is 1. The minimum atomic E-state index is -0.590. The van der Waals surface area contributed by atoms with Crippen LogP contribution in [0.1, 0.15) is 50.0 Å². The Morgan fingerprint density at radius 2 is 1.96 bits per heavy atom. The maximum absolute atomic E-state index is 12.5. The van der Waals surface area contributed by atoms with Crippen LogP contribution in [-0.4, -0.2) is 23.3 Å².